The number of hydrogen-bond donors (Lipinski definition) is 0. The maximum Gasteiger partial charge on any atom is 0.253 e. The van der Waals surface area contributed by atoms with Gasteiger partial charge in [0.1, 0.15) is 10.6 Å². The Bertz CT molecular complexity index is 1100. The Kier molecular flexibility index (Phi) is 6.91. The average molecular weight is 445 g/mol. The summed E-state index contributed by atoms with van der Waals surface area (Å²) in [6, 6.07) is 17.7. The highest BCUT2D eigenvalue weighted by atomic mass is 32.2. The van der Waals surface area contributed by atoms with Crippen molar-refractivity contribution in [3.63, 3.8) is 0 Å². The molecule has 1 amide bonds. The molecule has 0 bridgehead atoms. The van der Waals surface area contributed by atoms with E-state index in [1.807, 2.05) is 47.8 Å². The summed E-state index contributed by atoms with van der Waals surface area (Å²) in [5.41, 5.74) is 1.16. The highest BCUT2D eigenvalue weighted by molar-refractivity contribution is 7.89. The van der Waals surface area contributed by atoms with Gasteiger partial charge >= 0.3 is 0 Å². The molecule has 1 heterocycles. The predicted octanol–water partition coefficient (Wildman–Crippen LogP) is 3.85. The van der Waals surface area contributed by atoms with Crippen LogP contribution in [0.3, 0.4) is 0 Å². The molecule has 30 heavy (non-hydrogen) atoms. The highest BCUT2D eigenvalue weighted by Gasteiger charge is 2.27. The molecule has 6 nitrogen and oxygen atoms in total. The summed E-state index contributed by atoms with van der Waals surface area (Å²) in [6.45, 7) is 0.668. The molecule has 0 N–H and O–H groups in total. The van der Waals surface area contributed by atoms with Gasteiger partial charge in [-0.25, -0.2) is 8.42 Å². The number of thiophene rings is 1. The molecule has 0 aliphatic heterocycles. The van der Waals surface area contributed by atoms with E-state index >= 15 is 0 Å². The summed E-state index contributed by atoms with van der Waals surface area (Å²) in [4.78, 5) is 15.5. The van der Waals surface area contributed by atoms with Crippen LogP contribution in [0.5, 0.6) is 5.75 Å². The average Bonchev–Trinajstić information content (AvgIpc) is 3.26. The second-order valence-corrected chi connectivity index (χ2v) is 9.90. The van der Waals surface area contributed by atoms with Crippen molar-refractivity contribution in [2.75, 3.05) is 21.2 Å². The van der Waals surface area contributed by atoms with Gasteiger partial charge in [0, 0.05) is 31.1 Å². The number of carbonyl (C=O) groups excluding carboxylic acids is 1. The van der Waals surface area contributed by atoms with E-state index < -0.39 is 10.0 Å². The fourth-order valence-corrected chi connectivity index (χ4v) is 5.13. The smallest absolute Gasteiger partial charge is 0.253 e. The lowest BCUT2D eigenvalue weighted by atomic mass is 10.2. The number of ether oxygens (including phenoxy) is 1. The Labute approximate surface area is 181 Å². The van der Waals surface area contributed by atoms with Crippen molar-refractivity contribution in [1.82, 2.24) is 9.21 Å². The number of sulfonamides is 1. The Morgan fingerprint density at radius 1 is 1.00 bits per heavy atom. The number of methoxy groups -OCH3 is 1. The minimum atomic E-state index is -3.87. The molecule has 158 valence electrons. The van der Waals surface area contributed by atoms with Gasteiger partial charge in [-0.1, -0.05) is 36.4 Å². The number of hydrogen-bond acceptors (Lipinski definition) is 5. The zero-order valence-corrected chi connectivity index (χ0v) is 18.7. The van der Waals surface area contributed by atoms with Gasteiger partial charge < -0.3 is 9.64 Å². The first-order valence-corrected chi connectivity index (χ1v) is 11.6. The van der Waals surface area contributed by atoms with Crippen molar-refractivity contribution in [3.8, 4) is 5.75 Å². The minimum absolute atomic E-state index is 0.0289. The van der Waals surface area contributed by atoms with Gasteiger partial charge in [0.15, 0.2) is 0 Å². The molecule has 0 spiro atoms. The van der Waals surface area contributed by atoms with Gasteiger partial charge in [0.2, 0.25) is 10.0 Å². The maximum atomic E-state index is 13.2. The first-order valence-electron chi connectivity index (χ1n) is 9.29. The number of nitrogens with zero attached hydrogens (tertiary/aromatic N) is 2. The number of amides is 1. The molecule has 0 unspecified atom stereocenters. The van der Waals surface area contributed by atoms with Crippen LogP contribution in [0.15, 0.2) is 70.9 Å². The molecule has 8 heteroatoms. The molecule has 1 aromatic heterocycles. The van der Waals surface area contributed by atoms with Crippen molar-refractivity contribution < 1.29 is 17.9 Å². The van der Waals surface area contributed by atoms with Crippen molar-refractivity contribution in [2.24, 2.45) is 0 Å². The molecule has 0 saturated heterocycles. The molecular formula is C22H24N2O4S2. The van der Waals surface area contributed by atoms with Gasteiger partial charge in [-0.3, -0.25) is 4.79 Å². The molecule has 0 fully saturated rings. The van der Waals surface area contributed by atoms with Gasteiger partial charge in [-0.2, -0.15) is 4.31 Å². The third-order valence-corrected chi connectivity index (χ3v) is 7.35. The number of carbonyl (C=O) groups is 1. The van der Waals surface area contributed by atoms with Gasteiger partial charge in [-0.15, -0.1) is 11.3 Å². The Hall–Kier alpha value is -2.68. The number of benzene rings is 2. The van der Waals surface area contributed by atoms with E-state index in [0.717, 1.165) is 10.4 Å². The van der Waals surface area contributed by atoms with Crippen LogP contribution in [0, 0.1) is 0 Å². The van der Waals surface area contributed by atoms with Crippen LogP contribution in [-0.4, -0.2) is 44.7 Å². The normalized spacial score (nSPS) is 11.5. The maximum absolute atomic E-state index is 13.2. The van der Waals surface area contributed by atoms with Gasteiger partial charge in [0.25, 0.3) is 5.91 Å². The monoisotopic (exact) mass is 444 g/mol. The zero-order valence-electron chi connectivity index (χ0n) is 17.1. The fourth-order valence-electron chi connectivity index (χ4n) is 3.03. The van der Waals surface area contributed by atoms with E-state index in [1.165, 1.54) is 30.6 Å². The van der Waals surface area contributed by atoms with E-state index in [1.54, 1.807) is 29.4 Å². The second kappa shape index (κ2) is 9.42. The van der Waals surface area contributed by atoms with Crippen LogP contribution >= 0.6 is 11.3 Å². The predicted molar refractivity (Wildman–Crippen MR) is 118 cm³/mol. The second-order valence-electron chi connectivity index (χ2n) is 6.85. The summed E-state index contributed by atoms with van der Waals surface area (Å²) in [6.07, 6.45) is 0. The third-order valence-electron chi connectivity index (χ3n) is 4.67. The van der Waals surface area contributed by atoms with Gasteiger partial charge in [-0.05, 0) is 35.2 Å². The van der Waals surface area contributed by atoms with E-state index in [9.17, 15) is 13.2 Å². The molecule has 0 radical (unpaired) electrons. The molecular weight excluding hydrogens is 420 g/mol. The summed E-state index contributed by atoms with van der Waals surface area (Å²) < 4.78 is 33.0. The van der Waals surface area contributed by atoms with Crippen LogP contribution in [0.1, 0.15) is 20.8 Å². The minimum Gasteiger partial charge on any atom is -0.495 e. The van der Waals surface area contributed by atoms with Crippen molar-refractivity contribution >= 4 is 27.3 Å². The largest absolute Gasteiger partial charge is 0.495 e. The van der Waals surface area contributed by atoms with Crippen LogP contribution in [0.4, 0.5) is 0 Å². The molecule has 0 saturated carbocycles. The zero-order chi connectivity index (χ0) is 21.7. The van der Waals surface area contributed by atoms with E-state index in [2.05, 4.69) is 0 Å². The highest BCUT2D eigenvalue weighted by Crippen LogP contribution is 2.29. The van der Waals surface area contributed by atoms with E-state index in [-0.39, 0.29) is 23.1 Å². The van der Waals surface area contributed by atoms with Crippen molar-refractivity contribution in [2.45, 2.75) is 18.0 Å². The van der Waals surface area contributed by atoms with E-state index in [4.69, 9.17) is 4.74 Å². The SMILES string of the molecule is COc1ccc(C(=O)N(C)Cc2cccs2)cc1S(=O)(=O)N(C)Cc1ccccc1. The molecule has 3 aromatic rings. The molecule has 0 aliphatic carbocycles. The Balaban J connectivity index is 1.88. The lowest BCUT2D eigenvalue weighted by Crippen LogP contribution is -2.28. The molecule has 0 atom stereocenters. The van der Waals surface area contributed by atoms with E-state index in [0.29, 0.717) is 12.1 Å². The summed E-state index contributed by atoms with van der Waals surface area (Å²) in [5.74, 6) is -0.0550. The summed E-state index contributed by atoms with van der Waals surface area (Å²) >= 11 is 1.57. The standard InChI is InChI=1S/C22H24N2O4S2/c1-23(16-19-10-7-13-29-19)22(25)18-11-12-20(28-3)21(14-18)30(26,27)24(2)15-17-8-5-4-6-9-17/h4-14H,15-16H2,1-3H3. The lowest BCUT2D eigenvalue weighted by molar-refractivity contribution is 0.0786. The van der Waals surface area contributed by atoms with Crippen LogP contribution in [0.2, 0.25) is 0 Å². The van der Waals surface area contributed by atoms with Crippen LogP contribution < -0.4 is 4.74 Å². The van der Waals surface area contributed by atoms with Crippen molar-refractivity contribution in [3.05, 3.63) is 82.0 Å². The Morgan fingerprint density at radius 3 is 2.37 bits per heavy atom. The first kappa shape index (κ1) is 22.0. The van der Waals surface area contributed by atoms with Crippen LogP contribution in [0.25, 0.3) is 0 Å². The summed E-state index contributed by atoms with van der Waals surface area (Å²) in [5, 5.41) is 1.95. The molecule has 3 rings (SSSR count). The summed E-state index contributed by atoms with van der Waals surface area (Å²) in [7, 11) is 0.750. The molecule has 0 aliphatic rings. The Morgan fingerprint density at radius 2 is 1.73 bits per heavy atom. The van der Waals surface area contributed by atoms with Gasteiger partial charge in [0.05, 0.1) is 13.7 Å². The number of rotatable bonds is 8. The fraction of sp³-hybridized carbons (Fsp3) is 0.227. The first-order chi connectivity index (χ1) is 14.3. The molecule has 2 aromatic carbocycles. The topological polar surface area (TPSA) is 66.9 Å². The third kappa shape index (κ3) is 4.89. The lowest BCUT2D eigenvalue weighted by Gasteiger charge is -2.21. The quantitative estimate of drug-likeness (QED) is 0.529. The van der Waals surface area contributed by atoms with Crippen molar-refractivity contribution in [1.29, 1.82) is 0 Å². The van der Waals surface area contributed by atoms with Crippen LogP contribution in [-0.2, 0) is 23.1 Å².